The molecule has 0 spiro atoms. The van der Waals surface area contributed by atoms with Crippen molar-refractivity contribution in [1.82, 2.24) is 0 Å². The number of ether oxygens (including phenoxy) is 8. The molecule has 4 rings (SSSR count). The fraction of sp³-hybridized carbons (Fsp3) is 0.755. The molecule has 4 unspecified atom stereocenters. The molecule has 0 aromatic carbocycles. The summed E-state index contributed by atoms with van der Waals surface area (Å²) in [5.41, 5.74) is -1.29. The predicted octanol–water partition coefficient (Wildman–Crippen LogP) is 9.96. The van der Waals surface area contributed by atoms with Crippen molar-refractivity contribution >= 4 is 70.9 Å². The molecule has 4 aliphatic carbocycles. The average Bonchev–Trinajstić information content (AvgIpc) is 3.34. The van der Waals surface area contributed by atoms with E-state index in [2.05, 4.69) is 24.3 Å². The van der Waals surface area contributed by atoms with Crippen LogP contribution in [0.15, 0.2) is 47.3 Å². The summed E-state index contributed by atoms with van der Waals surface area (Å²) in [6, 6.07) is 0. The number of thioether (sulfide) groups is 4. The number of carbonyl (C=O) groups is 4. The van der Waals surface area contributed by atoms with Gasteiger partial charge < -0.3 is 37.9 Å². The Hall–Kier alpha value is -2.56. The summed E-state index contributed by atoms with van der Waals surface area (Å²) < 4.78 is 45.0. The van der Waals surface area contributed by atoms with Gasteiger partial charge in [-0.3, -0.25) is 19.2 Å². The minimum absolute atomic E-state index is 0.189. The number of carbonyl (C=O) groups excluding carboxylic acids is 4. The highest BCUT2D eigenvalue weighted by Gasteiger charge is 2.38. The highest BCUT2D eigenvalue weighted by atomic mass is 32.2. The summed E-state index contributed by atoms with van der Waals surface area (Å²) in [5.74, 6) is 10.7. The van der Waals surface area contributed by atoms with Crippen LogP contribution in [0.1, 0.15) is 103 Å². The fourth-order valence-electron chi connectivity index (χ4n) is 7.90. The SMILES string of the molecule is COC1=CCC(CSCCC(=O)OCC(COC(=O)CCSCC2CC=C(OC)CC2)(COC(=O)CCSCC2CC=C(OC)CC2)COC(=O)CCSCC2CC=C(OC)CC2)CC1. The van der Waals surface area contributed by atoms with Crippen molar-refractivity contribution in [3.8, 4) is 0 Å². The van der Waals surface area contributed by atoms with Gasteiger partial charge in [0.25, 0.3) is 0 Å². The molecule has 0 saturated heterocycles. The second-order valence-electron chi connectivity index (χ2n) is 17.5. The van der Waals surface area contributed by atoms with Crippen LogP contribution in [0.3, 0.4) is 0 Å². The number of esters is 4. The molecule has 0 aromatic rings. The van der Waals surface area contributed by atoms with Crippen molar-refractivity contribution in [3.63, 3.8) is 0 Å². The lowest BCUT2D eigenvalue weighted by Gasteiger charge is -2.31. The highest BCUT2D eigenvalue weighted by molar-refractivity contribution is 7.99. The first-order chi connectivity index (χ1) is 31.6. The summed E-state index contributed by atoms with van der Waals surface area (Å²) >= 11 is 6.88. The van der Waals surface area contributed by atoms with E-state index in [1.54, 1.807) is 75.5 Å². The number of hydrogen-bond acceptors (Lipinski definition) is 16. The van der Waals surface area contributed by atoms with E-state index in [4.69, 9.17) is 37.9 Å². The minimum Gasteiger partial charge on any atom is -0.501 e. The van der Waals surface area contributed by atoms with Crippen LogP contribution in [-0.2, 0) is 57.1 Å². The van der Waals surface area contributed by atoms with Gasteiger partial charge in [-0.1, -0.05) is 0 Å². The Bertz CT molecular complexity index is 1350. The van der Waals surface area contributed by atoms with Gasteiger partial charge in [0.2, 0.25) is 0 Å². The van der Waals surface area contributed by atoms with E-state index in [0.29, 0.717) is 46.7 Å². The summed E-state index contributed by atoms with van der Waals surface area (Å²) in [4.78, 5) is 52.9. The predicted molar refractivity (Wildman–Crippen MR) is 264 cm³/mol. The number of rotatable bonds is 32. The van der Waals surface area contributed by atoms with Gasteiger partial charge in [-0.05, 0) is 122 Å². The second kappa shape index (κ2) is 32.2. The van der Waals surface area contributed by atoms with Crippen LogP contribution in [0.2, 0.25) is 0 Å². The molecular formula is C49H76O12S4. The Morgan fingerprint density at radius 3 is 0.846 bits per heavy atom. The number of hydrogen-bond donors (Lipinski definition) is 0. The molecular weight excluding hydrogens is 909 g/mol. The standard InChI is InChI=1S/C49H76O12S4/c1-54-41-13-5-37(6-14-41)29-62-25-21-45(50)58-33-49(34-59-46(51)22-26-63-30-38-7-15-42(55-2)16-8-38,35-60-47(52)23-27-64-31-39-9-17-43(56-3)18-10-39)36-61-48(53)24-28-65-32-40-11-19-44(57-4)20-12-40/h13,15,17,19,37-40H,5-12,14,16,18,20-36H2,1-4H3. The molecule has 4 atom stereocenters. The van der Waals surface area contributed by atoms with Gasteiger partial charge in [-0.2, -0.15) is 47.0 Å². The lowest BCUT2D eigenvalue weighted by molar-refractivity contribution is -0.170. The molecule has 16 heteroatoms. The van der Waals surface area contributed by atoms with Crippen LogP contribution in [-0.4, -0.2) is 125 Å². The Morgan fingerprint density at radius 1 is 0.431 bits per heavy atom. The molecule has 0 bridgehead atoms. The molecule has 0 radical (unpaired) electrons. The number of methoxy groups -OCH3 is 4. The quantitative estimate of drug-likeness (QED) is 0.0358. The van der Waals surface area contributed by atoms with Crippen LogP contribution < -0.4 is 0 Å². The smallest absolute Gasteiger partial charge is 0.306 e. The van der Waals surface area contributed by atoms with E-state index < -0.39 is 29.3 Å². The third kappa shape index (κ3) is 22.9. The maximum absolute atomic E-state index is 13.2. The fourth-order valence-corrected chi connectivity index (χ4v) is 12.4. The highest BCUT2D eigenvalue weighted by Crippen LogP contribution is 2.31. The molecule has 4 aliphatic rings. The summed E-state index contributed by atoms with van der Waals surface area (Å²) in [6.07, 6.45) is 21.2. The molecule has 368 valence electrons. The minimum atomic E-state index is -1.29. The van der Waals surface area contributed by atoms with E-state index in [1.807, 2.05) is 0 Å². The van der Waals surface area contributed by atoms with Gasteiger partial charge in [-0.25, -0.2) is 0 Å². The average molecular weight is 985 g/mol. The van der Waals surface area contributed by atoms with E-state index in [0.717, 1.165) is 123 Å². The summed E-state index contributed by atoms with van der Waals surface area (Å²) in [5, 5.41) is 0. The van der Waals surface area contributed by atoms with Gasteiger partial charge in [0.1, 0.15) is 31.8 Å². The van der Waals surface area contributed by atoms with Gasteiger partial charge in [0.05, 0.1) is 77.2 Å². The first-order valence-electron chi connectivity index (χ1n) is 23.5. The van der Waals surface area contributed by atoms with Crippen molar-refractivity contribution in [1.29, 1.82) is 0 Å². The first-order valence-corrected chi connectivity index (χ1v) is 28.1. The molecule has 12 nitrogen and oxygen atoms in total. The van der Waals surface area contributed by atoms with Crippen molar-refractivity contribution in [2.75, 3.05) is 101 Å². The Morgan fingerprint density at radius 2 is 0.662 bits per heavy atom. The molecule has 0 aliphatic heterocycles. The van der Waals surface area contributed by atoms with Crippen molar-refractivity contribution in [2.24, 2.45) is 29.1 Å². The zero-order valence-electron chi connectivity index (χ0n) is 39.4. The van der Waals surface area contributed by atoms with E-state index in [-0.39, 0.29) is 52.1 Å². The van der Waals surface area contributed by atoms with E-state index in [1.165, 1.54) is 0 Å². The van der Waals surface area contributed by atoms with Crippen LogP contribution in [0.5, 0.6) is 0 Å². The lowest BCUT2D eigenvalue weighted by atomic mass is 9.92. The van der Waals surface area contributed by atoms with Crippen LogP contribution >= 0.6 is 47.0 Å². The van der Waals surface area contributed by atoms with E-state index in [9.17, 15) is 19.2 Å². The van der Waals surface area contributed by atoms with Gasteiger partial charge in [0, 0.05) is 48.7 Å². The van der Waals surface area contributed by atoms with E-state index >= 15 is 0 Å². The molecule has 0 saturated carbocycles. The van der Waals surface area contributed by atoms with Crippen molar-refractivity contribution < 1.29 is 57.1 Å². The maximum Gasteiger partial charge on any atom is 0.306 e. The topological polar surface area (TPSA) is 142 Å². The molecule has 65 heavy (non-hydrogen) atoms. The molecule has 0 aromatic heterocycles. The first kappa shape index (κ1) is 55.0. The zero-order chi connectivity index (χ0) is 46.5. The Labute approximate surface area is 406 Å². The third-order valence-electron chi connectivity index (χ3n) is 12.3. The Kier molecular flexibility index (Phi) is 27.3. The third-order valence-corrected chi connectivity index (χ3v) is 17.1. The molecule has 0 amide bonds. The molecule has 0 heterocycles. The Balaban J connectivity index is 1.33. The molecule has 0 fully saturated rings. The van der Waals surface area contributed by atoms with Crippen LogP contribution in [0.25, 0.3) is 0 Å². The van der Waals surface area contributed by atoms with Gasteiger partial charge in [0.15, 0.2) is 0 Å². The van der Waals surface area contributed by atoms with Gasteiger partial charge in [-0.15, -0.1) is 0 Å². The normalized spacial score (nSPS) is 21.8. The lowest BCUT2D eigenvalue weighted by Crippen LogP contribution is -2.44. The van der Waals surface area contributed by atoms with Crippen molar-refractivity contribution in [2.45, 2.75) is 103 Å². The van der Waals surface area contributed by atoms with Gasteiger partial charge >= 0.3 is 23.9 Å². The second-order valence-corrected chi connectivity index (χ2v) is 22.1. The number of allylic oxidation sites excluding steroid dienone is 8. The summed E-state index contributed by atoms with van der Waals surface area (Å²) in [6.45, 7) is -0.977. The molecule has 0 N–H and O–H groups in total. The van der Waals surface area contributed by atoms with Crippen LogP contribution in [0.4, 0.5) is 0 Å². The maximum atomic E-state index is 13.2. The largest absolute Gasteiger partial charge is 0.501 e. The monoisotopic (exact) mass is 984 g/mol. The zero-order valence-corrected chi connectivity index (χ0v) is 42.7. The van der Waals surface area contributed by atoms with Crippen LogP contribution in [0, 0.1) is 29.1 Å². The summed E-state index contributed by atoms with van der Waals surface area (Å²) in [7, 11) is 6.83. The van der Waals surface area contributed by atoms with Crippen molar-refractivity contribution in [3.05, 3.63) is 47.3 Å².